The maximum Gasteiger partial charge on any atom is 0.220 e. The number of halogens is 2. The molecule has 2 aromatic rings. The van der Waals surface area contributed by atoms with E-state index in [1.807, 2.05) is 26.0 Å². The molecule has 1 amide bonds. The summed E-state index contributed by atoms with van der Waals surface area (Å²) < 4.78 is 0. The molecule has 1 aromatic heterocycles. The molecule has 3 rings (SSSR count). The molecule has 6 nitrogen and oxygen atoms in total. The summed E-state index contributed by atoms with van der Waals surface area (Å²) in [4.78, 5) is 46.2. The number of Topliss-reactive ketones (excluding diaryl/α,β-unsaturated/α-hetero) is 2. The van der Waals surface area contributed by atoms with Crippen LogP contribution >= 0.6 is 23.2 Å². The highest BCUT2D eigenvalue weighted by atomic mass is 35.5. The van der Waals surface area contributed by atoms with Gasteiger partial charge in [-0.1, -0.05) is 29.3 Å². The zero-order valence-corrected chi connectivity index (χ0v) is 18.1. The van der Waals surface area contributed by atoms with Gasteiger partial charge in [0.15, 0.2) is 11.6 Å². The number of aryl methyl sites for hydroxylation is 2. The van der Waals surface area contributed by atoms with E-state index in [0.29, 0.717) is 16.4 Å². The smallest absolute Gasteiger partial charge is 0.220 e. The van der Waals surface area contributed by atoms with Crippen LogP contribution in [0.5, 0.6) is 0 Å². The highest BCUT2D eigenvalue weighted by Gasteiger charge is 2.43. The van der Waals surface area contributed by atoms with Crippen molar-refractivity contribution in [3.63, 3.8) is 0 Å². The molecule has 0 radical (unpaired) electrons. The van der Waals surface area contributed by atoms with Crippen molar-refractivity contribution in [1.82, 2.24) is 15.3 Å². The highest BCUT2D eigenvalue weighted by Crippen LogP contribution is 2.38. The van der Waals surface area contributed by atoms with Crippen LogP contribution in [-0.2, 0) is 14.4 Å². The Hall–Kier alpha value is -2.57. The number of benzene rings is 1. The second-order valence-corrected chi connectivity index (χ2v) is 8.01. The minimum Gasteiger partial charge on any atom is -0.353 e. The summed E-state index contributed by atoms with van der Waals surface area (Å²) in [6.45, 7) is 4.01. The van der Waals surface area contributed by atoms with Gasteiger partial charge in [-0.15, -0.1) is 0 Å². The van der Waals surface area contributed by atoms with Crippen molar-refractivity contribution in [3.05, 3.63) is 57.9 Å². The summed E-state index contributed by atoms with van der Waals surface area (Å²) in [5.74, 6) is -1.57. The fourth-order valence-electron chi connectivity index (χ4n) is 3.87. The summed E-state index contributed by atoms with van der Waals surface area (Å²) in [7, 11) is 0. The van der Waals surface area contributed by atoms with Gasteiger partial charge in [-0.25, -0.2) is 9.97 Å². The first-order chi connectivity index (χ1) is 14.3. The van der Waals surface area contributed by atoms with E-state index in [9.17, 15) is 14.4 Å². The van der Waals surface area contributed by atoms with Gasteiger partial charge in [0, 0.05) is 48.8 Å². The topological polar surface area (TPSA) is 89.0 Å². The number of nitrogens with zero attached hydrogens (tertiary/aromatic N) is 2. The minimum absolute atomic E-state index is 0.00794. The van der Waals surface area contributed by atoms with Gasteiger partial charge in [0.25, 0.3) is 0 Å². The lowest BCUT2D eigenvalue weighted by Crippen LogP contribution is -2.27. The Morgan fingerprint density at radius 1 is 1.20 bits per heavy atom. The van der Waals surface area contributed by atoms with Crippen LogP contribution in [0.2, 0.25) is 5.02 Å². The van der Waals surface area contributed by atoms with Gasteiger partial charge >= 0.3 is 0 Å². The van der Waals surface area contributed by atoms with Crippen molar-refractivity contribution in [2.45, 2.75) is 32.6 Å². The number of carbonyl (C=O) groups excluding carboxylic acids is 3. The number of amides is 1. The Labute approximate surface area is 184 Å². The number of nitrogens with one attached hydrogen (secondary N) is 1. The quantitative estimate of drug-likeness (QED) is 0.680. The predicted molar refractivity (Wildman–Crippen MR) is 115 cm³/mol. The first kappa shape index (κ1) is 22.1. The molecule has 0 bridgehead atoms. The van der Waals surface area contributed by atoms with E-state index >= 15 is 0 Å². The lowest BCUT2D eigenvalue weighted by atomic mass is 9.86. The molecule has 8 heteroatoms. The fourth-order valence-corrected chi connectivity index (χ4v) is 4.05. The largest absolute Gasteiger partial charge is 0.353 e. The van der Waals surface area contributed by atoms with Gasteiger partial charge in [-0.2, -0.15) is 0 Å². The molecule has 1 N–H and O–H groups in total. The van der Waals surface area contributed by atoms with E-state index in [2.05, 4.69) is 15.3 Å². The van der Waals surface area contributed by atoms with Crippen LogP contribution in [-0.4, -0.2) is 34.0 Å². The molecule has 2 atom stereocenters. The van der Waals surface area contributed by atoms with Crippen molar-refractivity contribution in [3.8, 4) is 11.4 Å². The summed E-state index contributed by atoms with van der Waals surface area (Å²) in [5.41, 5.74) is 4.42. The van der Waals surface area contributed by atoms with Crippen LogP contribution in [0.25, 0.3) is 11.4 Å². The summed E-state index contributed by atoms with van der Waals surface area (Å²) in [5, 5.41) is 3.10. The molecule has 1 aliphatic rings. The average Bonchev–Trinajstić information content (AvgIpc) is 2.96. The third-order valence-corrected chi connectivity index (χ3v) is 5.53. The Morgan fingerprint density at radius 2 is 1.83 bits per heavy atom. The summed E-state index contributed by atoms with van der Waals surface area (Å²) in [6, 6.07) is 3.73. The normalized spacial score (nSPS) is 18.9. The molecular weight excluding hydrogens is 425 g/mol. The van der Waals surface area contributed by atoms with E-state index in [-0.39, 0.29) is 36.9 Å². The van der Waals surface area contributed by atoms with Gasteiger partial charge in [0.05, 0.1) is 5.02 Å². The highest BCUT2D eigenvalue weighted by molar-refractivity contribution is 6.30. The molecule has 1 aromatic carbocycles. The van der Waals surface area contributed by atoms with Crippen molar-refractivity contribution in [2.24, 2.45) is 5.92 Å². The minimum atomic E-state index is -0.842. The standard InChI is InChI=1S/C22H21Cl2N3O3/c1-12-6-15(22-26-10-16(24)11-27-22)7-13(2)19(12)20-17(28)8-14(21(20)30)9-18(29)25-5-3-4-23/h3-4,6-7,10-11,14,20H,5,8-9H2,1-2H3,(H,25,29)/b4-3+. The molecule has 0 spiro atoms. The molecule has 156 valence electrons. The molecule has 0 saturated heterocycles. The van der Waals surface area contributed by atoms with Crippen molar-refractivity contribution in [2.75, 3.05) is 6.54 Å². The van der Waals surface area contributed by atoms with Crippen LogP contribution in [0.1, 0.15) is 35.4 Å². The van der Waals surface area contributed by atoms with E-state index in [0.717, 1.165) is 16.7 Å². The second kappa shape index (κ2) is 9.49. The zero-order valence-electron chi connectivity index (χ0n) is 16.6. The molecule has 2 unspecified atom stereocenters. The van der Waals surface area contributed by atoms with Crippen molar-refractivity contribution in [1.29, 1.82) is 0 Å². The van der Waals surface area contributed by atoms with E-state index < -0.39 is 11.8 Å². The molecule has 1 saturated carbocycles. The predicted octanol–water partition coefficient (Wildman–Crippen LogP) is 3.91. The maximum atomic E-state index is 13.0. The molecule has 0 aliphatic heterocycles. The number of aromatic nitrogens is 2. The third kappa shape index (κ3) is 4.77. The zero-order chi connectivity index (χ0) is 21.8. The molecule has 30 heavy (non-hydrogen) atoms. The summed E-state index contributed by atoms with van der Waals surface area (Å²) >= 11 is 11.3. The average molecular weight is 446 g/mol. The number of rotatable bonds is 6. The Balaban J connectivity index is 1.83. The van der Waals surface area contributed by atoms with Crippen molar-refractivity contribution >= 4 is 40.7 Å². The van der Waals surface area contributed by atoms with Crippen LogP contribution in [0, 0.1) is 19.8 Å². The van der Waals surface area contributed by atoms with Gasteiger partial charge in [-0.05, 0) is 42.7 Å². The van der Waals surface area contributed by atoms with Gasteiger partial charge in [0.1, 0.15) is 11.7 Å². The van der Waals surface area contributed by atoms with Gasteiger partial charge < -0.3 is 5.32 Å². The molecule has 1 fully saturated rings. The van der Waals surface area contributed by atoms with E-state index in [1.165, 1.54) is 17.9 Å². The number of hydrogen-bond donors (Lipinski definition) is 1. The van der Waals surface area contributed by atoms with Crippen LogP contribution in [0.15, 0.2) is 36.1 Å². The van der Waals surface area contributed by atoms with Crippen LogP contribution in [0.3, 0.4) is 0 Å². The first-order valence-electron chi connectivity index (χ1n) is 9.49. The van der Waals surface area contributed by atoms with Gasteiger partial charge in [0.2, 0.25) is 5.91 Å². The number of carbonyl (C=O) groups is 3. The van der Waals surface area contributed by atoms with Gasteiger partial charge in [-0.3, -0.25) is 14.4 Å². The fraction of sp³-hybridized carbons (Fsp3) is 0.318. The lowest BCUT2D eigenvalue weighted by molar-refractivity contribution is -0.128. The van der Waals surface area contributed by atoms with E-state index in [1.54, 1.807) is 6.08 Å². The number of ketones is 2. The lowest BCUT2D eigenvalue weighted by Gasteiger charge is -2.17. The maximum absolute atomic E-state index is 13.0. The molecular formula is C22H21Cl2N3O3. The van der Waals surface area contributed by atoms with E-state index in [4.69, 9.17) is 23.2 Å². The summed E-state index contributed by atoms with van der Waals surface area (Å²) in [6.07, 6.45) is 4.69. The Bertz CT molecular complexity index is 996. The third-order valence-electron chi connectivity index (χ3n) is 5.16. The Kier molecular flexibility index (Phi) is 7.00. The second-order valence-electron chi connectivity index (χ2n) is 7.32. The molecule has 1 aliphatic carbocycles. The molecule has 1 heterocycles. The van der Waals surface area contributed by atoms with Crippen LogP contribution in [0.4, 0.5) is 0 Å². The monoisotopic (exact) mass is 445 g/mol. The Morgan fingerprint density at radius 3 is 2.43 bits per heavy atom. The number of hydrogen-bond acceptors (Lipinski definition) is 5. The SMILES string of the molecule is Cc1cc(-c2ncc(Cl)cn2)cc(C)c1C1C(=O)CC(CC(=O)NC/C=C/Cl)C1=O. The van der Waals surface area contributed by atoms with Crippen molar-refractivity contribution < 1.29 is 14.4 Å². The van der Waals surface area contributed by atoms with Crippen LogP contribution < -0.4 is 5.32 Å². The first-order valence-corrected chi connectivity index (χ1v) is 10.3.